The van der Waals surface area contributed by atoms with Crippen LogP contribution in [-0.4, -0.2) is 28.7 Å². The Morgan fingerprint density at radius 2 is 2.12 bits per heavy atom. The minimum Gasteiger partial charge on any atom is -0.493 e. The summed E-state index contributed by atoms with van der Waals surface area (Å²) in [5, 5.41) is 19.2. The highest BCUT2D eigenvalue weighted by Gasteiger charge is 2.21. The number of ether oxygens (including phenoxy) is 1. The van der Waals surface area contributed by atoms with E-state index in [1.807, 2.05) is 0 Å². The molecule has 1 aromatic carbocycles. The van der Waals surface area contributed by atoms with Crippen molar-refractivity contribution in [2.24, 2.45) is 0 Å². The monoisotopic (exact) mass is 246 g/mol. The molecule has 3 nitrogen and oxygen atoms in total. The SMILES string of the molecule is CCOc1ccc(F)cc1C(O)C(O)CS. The fourth-order valence-corrected chi connectivity index (χ4v) is 1.54. The van der Waals surface area contributed by atoms with Gasteiger partial charge in [-0.3, -0.25) is 0 Å². The molecule has 2 unspecified atom stereocenters. The molecule has 90 valence electrons. The van der Waals surface area contributed by atoms with Gasteiger partial charge in [-0.05, 0) is 25.1 Å². The molecule has 0 saturated carbocycles. The van der Waals surface area contributed by atoms with Gasteiger partial charge in [0.15, 0.2) is 0 Å². The van der Waals surface area contributed by atoms with Crippen LogP contribution < -0.4 is 4.74 Å². The Kier molecular flexibility index (Phi) is 5.05. The smallest absolute Gasteiger partial charge is 0.125 e. The highest BCUT2D eigenvalue weighted by atomic mass is 32.1. The molecule has 16 heavy (non-hydrogen) atoms. The van der Waals surface area contributed by atoms with Crippen LogP contribution in [-0.2, 0) is 0 Å². The molecule has 0 fully saturated rings. The Hall–Kier alpha value is -0.780. The molecule has 1 rings (SSSR count). The first-order chi connectivity index (χ1) is 7.60. The van der Waals surface area contributed by atoms with Crippen molar-refractivity contribution in [3.8, 4) is 5.75 Å². The van der Waals surface area contributed by atoms with E-state index in [0.29, 0.717) is 12.4 Å². The fraction of sp³-hybridized carbons (Fsp3) is 0.455. The molecule has 1 aromatic rings. The van der Waals surface area contributed by atoms with Gasteiger partial charge in [-0.25, -0.2) is 4.39 Å². The van der Waals surface area contributed by atoms with Crippen LogP contribution in [0.1, 0.15) is 18.6 Å². The topological polar surface area (TPSA) is 49.7 Å². The number of benzene rings is 1. The number of hydrogen-bond donors (Lipinski definition) is 3. The Balaban J connectivity index is 3.03. The third kappa shape index (κ3) is 3.10. The van der Waals surface area contributed by atoms with E-state index in [4.69, 9.17) is 4.74 Å². The minimum atomic E-state index is -1.20. The molecular formula is C11H15FO3S. The molecular weight excluding hydrogens is 231 g/mol. The quantitative estimate of drug-likeness (QED) is 0.691. The lowest BCUT2D eigenvalue weighted by Gasteiger charge is -2.19. The summed E-state index contributed by atoms with van der Waals surface area (Å²) in [6.45, 7) is 2.19. The van der Waals surface area contributed by atoms with Crippen molar-refractivity contribution in [3.05, 3.63) is 29.6 Å². The molecule has 0 aliphatic heterocycles. The third-order valence-electron chi connectivity index (χ3n) is 2.14. The number of halogens is 1. The van der Waals surface area contributed by atoms with Gasteiger partial charge in [0.25, 0.3) is 0 Å². The summed E-state index contributed by atoms with van der Waals surface area (Å²) in [4.78, 5) is 0. The van der Waals surface area contributed by atoms with Gasteiger partial charge in [-0.15, -0.1) is 0 Å². The second-order valence-corrected chi connectivity index (χ2v) is 3.68. The van der Waals surface area contributed by atoms with Gasteiger partial charge in [-0.2, -0.15) is 12.6 Å². The second kappa shape index (κ2) is 6.08. The number of rotatable bonds is 5. The van der Waals surface area contributed by atoms with Crippen LogP contribution >= 0.6 is 12.6 Å². The molecule has 0 aliphatic rings. The summed E-state index contributed by atoms with van der Waals surface area (Å²) in [7, 11) is 0. The van der Waals surface area contributed by atoms with E-state index < -0.39 is 18.0 Å². The highest BCUT2D eigenvalue weighted by Crippen LogP contribution is 2.28. The largest absolute Gasteiger partial charge is 0.493 e. The van der Waals surface area contributed by atoms with E-state index in [-0.39, 0.29) is 11.3 Å². The third-order valence-corrected chi connectivity index (χ3v) is 2.52. The maximum atomic E-state index is 13.0. The minimum absolute atomic E-state index is 0.0866. The maximum Gasteiger partial charge on any atom is 0.125 e. The van der Waals surface area contributed by atoms with Gasteiger partial charge in [0.2, 0.25) is 0 Å². The summed E-state index contributed by atoms with van der Waals surface area (Å²) >= 11 is 3.87. The lowest BCUT2D eigenvalue weighted by atomic mass is 10.0. The lowest BCUT2D eigenvalue weighted by Crippen LogP contribution is -2.20. The van der Waals surface area contributed by atoms with Crippen molar-refractivity contribution in [1.29, 1.82) is 0 Å². The average Bonchev–Trinajstić information content (AvgIpc) is 2.29. The second-order valence-electron chi connectivity index (χ2n) is 3.31. The molecule has 0 heterocycles. The van der Waals surface area contributed by atoms with Crippen LogP contribution in [0.5, 0.6) is 5.75 Å². The predicted octanol–water partition coefficient (Wildman–Crippen LogP) is 1.55. The Bertz CT molecular complexity index is 346. The van der Waals surface area contributed by atoms with Gasteiger partial charge < -0.3 is 14.9 Å². The first-order valence-electron chi connectivity index (χ1n) is 4.99. The molecule has 0 aromatic heterocycles. The van der Waals surface area contributed by atoms with Crippen LogP contribution in [0.2, 0.25) is 0 Å². The summed E-state index contributed by atoms with van der Waals surface area (Å²) in [6.07, 6.45) is -2.25. The summed E-state index contributed by atoms with van der Waals surface area (Å²) < 4.78 is 18.3. The average molecular weight is 246 g/mol. The number of hydrogen-bond acceptors (Lipinski definition) is 4. The summed E-state index contributed by atoms with van der Waals surface area (Å²) in [5.41, 5.74) is 0.239. The van der Waals surface area contributed by atoms with E-state index in [9.17, 15) is 14.6 Å². The van der Waals surface area contributed by atoms with Crippen molar-refractivity contribution in [3.63, 3.8) is 0 Å². The number of aliphatic hydroxyl groups is 2. The van der Waals surface area contributed by atoms with Crippen LogP contribution in [0.25, 0.3) is 0 Å². The molecule has 5 heteroatoms. The van der Waals surface area contributed by atoms with Crippen LogP contribution in [0.15, 0.2) is 18.2 Å². The Morgan fingerprint density at radius 3 is 2.69 bits per heavy atom. The van der Waals surface area contributed by atoms with E-state index in [0.717, 1.165) is 6.07 Å². The molecule has 2 atom stereocenters. The van der Waals surface area contributed by atoms with Crippen LogP contribution in [0.4, 0.5) is 4.39 Å². The van der Waals surface area contributed by atoms with E-state index in [2.05, 4.69) is 12.6 Å². The molecule has 0 aliphatic carbocycles. The molecule has 0 spiro atoms. The molecule has 0 amide bonds. The zero-order chi connectivity index (χ0) is 12.1. The summed E-state index contributed by atoms with van der Waals surface area (Å²) in [5.74, 6) is -0.0235. The van der Waals surface area contributed by atoms with E-state index in [1.165, 1.54) is 12.1 Å². The van der Waals surface area contributed by atoms with Crippen molar-refractivity contribution >= 4 is 12.6 Å². The number of thiol groups is 1. The van der Waals surface area contributed by atoms with Crippen molar-refractivity contribution in [2.45, 2.75) is 19.1 Å². The van der Waals surface area contributed by atoms with Gasteiger partial charge in [-0.1, -0.05) is 0 Å². The molecule has 2 N–H and O–H groups in total. The Labute approximate surface area is 99.3 Å². The normalized spacial score (nSPS) is 14.6. The predicted molar refractivity (Wildman–Crippen MR) is 62.4 cm³/mol. The maximum absolute atomic E-state index is 13.0. The molecule has 0 saturated heterocycles. The van der Waals surface area contributed by atoms with Crippen molar-refractivity contribution in [1.82, 2.24) is 0 Å². The molecule has 0 bridgehead atoms. The van der Waals surface area contributed by atoms with Crippen molar-refractivity contribution in [2.75, 3.05) is 12.4 Å². The van der Waals surface area contributed by atoms with Gasteiger partial charge in [0.1, 0.15) is 17.7 Å². The van der Waals surface area contributed by atoms with Gasteiger partial charge >= 0.3 is 0 Å². The number of aliphatic hydroxyl groups excluding tert-OH is 2. The zero-order valence-electron chi connectivity index (χ0n) is 8.93. The highest BCUT2D eigenvalue weighted by molar-refractivity contribution is 7.80. The first-order valence-corrected chi connectivity index (χ1v) is 5.62. The first kappa shape index (κ1) is 13.3. The standard InChI is InChI=1S/C11H15FO3S/c1-2-15-10-4-3-7(12)5-8(10)11(14)9(13)6-16/h3-5,9,11,13-14,16H,2,6H2,1H3. The van der Waals surface area contributed by atoms with E-state index >= 15 is 0 Å². The Morgan fingerprint density at radius 1 is 1.44 bits per heavy atom. The van der Waals surface area contributed by atoms with Crippen LogP contribution in [0.3, 0.4) is 0 Å². The van der Waals surface area contributed by atoms with Crippen LogP contribution in [0, 0.1) is 5.82 Å². The lowest BCUT2D eigenvalue weighted by molar-refractivity contribution is 0.0317. The van der Waals surface area contributed by atoms with Gasteiger partial charge in [0, 0.05) is 11.3 Å². The van der Waals surface area contributed by atoms with Crippen molar-refractivity contribution < 1.29 is 19.3 Å². The fourth-order valence-electron chi connectivity index (χ4n) is 1.34. The summed E-state index contributed by atoms with van der Waals surface area (Å²) in [6, 6.07) is 3.83. The molecule has 0 radical (unpaired) electrons. The van der Waals surface area contributed by atoms with Gasteiger partial charge in [0.05, 0.1) is 12.7 Å². The van der Waals surface area contributed by atoms with E-state index in [1.54, 1.807) is 6.92 Å². The zero-order valence-corrected chi connectivity index (χ0v) is 9.82.